The highest BCUT2D eigenvalue weighted by molar-refractivity contribution is 5.77. The van der Waals surface area contributed by atoms with Crippen molar-refractivity contribution in [2.75, 3.05) is 31.1 Å². The van der Waals surface area contributed by atoms with Crippen molar-refractivity contribution in [1.82, 2.24) is 0 Å². The maximum atomic E-state index is 12.7. The van der Waals surface area contributed by atoms with E-state index in [9.17, 15) is 18.0 Å². The fraction of sp³-hybridized carbons (Fsp3) is 0.500. The van der Waals surface area contributed by atoms with Crippen LogP contribution in [0, 0.1) is 0 Å². The Morgan fingerprint density at radius 3 is 2.48 bits per heavy atom. The lowest BCUT2D eigenvalue weighted by Crippen LogP contribution is -3.19. The van der Waals surface area contributed by atoms with E-state index in [2.05, 4.69) is 0 Å². The number of benzene rings is 1. The smallest absolute Gasteiger partial charge is 0.365 e. The predicted molar refractivity (Wildman–Crippen MR) is 73.0 cm³/mol. The Morgan fingerprint density at radius 1 is 1.33 bits per heavy atom. The van der Waals surface area contributed by atoms with Gasteiger partial charge >= 0.3 is 6.18 Å². The van der Waals surface area contributed by atoms with Crippen molar-refractivity contribution in [2.45, 2.75) is 19.1 Å². The van der Waals surface area contributed by atoms with Crippen molar-refractivity contribution < 1.29 is 22.9 Å². The molecular weight excluding hydrogens is 283 g/mol. The van der Waals surface area contributed by atoms with E-state index < -0.39 is 11.7 Å². The number of piperazine rings is 1. The fourth-order valence-electron chi connectivity index (χ4n) is 2.57. The van der Waals surface area contributed by atoms with Gasteiger partial charge in [0.25, 0.3) is 5.91 Å². The minimum Gasteiger partial charge on any atom is -0.365 e. The third kappa shape index (κ3) is 3.66. The van der Waals surface area contributed by atoms with Gasteiger partial charge in [0, 0.05) is 5.69 Å². The van der Waals surface area contributed by atoms with Crippen LogP contribution in [0.3, 0.4) is 0 Å². The SMILES string of the molecule is C[C@@H](C(N)=O)[NH+]1CCN(c2cccc(C(F)(F)F)c2)CC1. The van der Waals surface area contributed by atoms with Crippen LogP contribution >= 0.6 is 0 Å². The topological polar surface area (TPSA) is 50.8 Å². The van der Waals surface area contributed by atoms with Crippen LogP contribution in [0.2, 0.25) is 0 Å². The van der Waals surface area contributed by atoms with Crippen molar-refractivity contribution >= 4 is 11.6 Å². The second kappa shape index (κ2) is 5.93. The molecule has 3 N–H and O–H groups in total. The van der Waals surface area contributed by atoms with Crippen molar-refractivity contribution in [1.29, 1.82) is 0 Å². The largest absolute Gasteiger partial charge is 0.416 e. The van der Waals surface area contributed by atoms with Crippen molar-refractivity contribution in [3.63, 3.8) is 0 Å². The lowest BCUT2D eigenvalue weighted by Gasteiger charge is -2.35. The summed E-state index contributed by atoms with van der Waals surface area (Å²) in [4.78, 5) is 14.2. The van der Waals surface area contributed by atoms with E-state index in [4.69, 9.17) is 5.73 Å². The van der Waals surface area contributed by atoms with Crippen LogP contribution in [0.5, 0.6) is 0 Å². The van der Waals surface area contributed by atoms with E-state index in [1.807, 2.05) is 4.90 Å². The molecule has 0 bridgehead atoms. The van der Waals surface area contributed by atoms with E-state index in [0.717, 1.165) is 11.0 Å². The number of carbonyl (C=O) groups excluding carboxylic acids is 1. The molecule has 1 aromatic carbocycles. The molecule has 1 aromatic rings. The number of nitrogens with zero attached hydrogens (tertiary/aromatic N) is 1. The molecule has 1 atom stereocenters. The standard InChI is InChI=1S/C14H18F3N3O/c1-10(13(18)21)19-5-7-20(8-6-19)12-4-2-3-11(9-12)14(15,16)17/h2-4,9-10H,5-8H2,1H3,(H2,18,21)/p+1/t10-/m0/s1. The molecule has 0 aliphatic carbocycles. The third-order valence-corrected chi connectivity index (χ3v) is 3.98. The summed E-state index contributed by atoms with van der Waals surface area (Å²) >= 11 is 0. The summed E-state index contributed by atoms with van der Waals surface area (Å²) in [6.45, 7) is 4.35. The number of rotatable bonds is 3. The average Bonchev–Trinajstić information content (AvgIpc) is 2.46. The van der Waals surface area contributed by atoms with Crippen LogP contribution in [-0.4, -0.2) is 38.1 Å². The first-order chi connectivity index (χ1) is 9.79. The van der Waals surface area contributed by atoms with Gasteiger partial charge in [0.15, 0.2) is 6.04 Å². The Hall–Kier alpha value is -1.76. The number of hydrogen-bond donors (Lipinski definition) is 2. The third-order valence-electron chi connectivity index (χ3n) is 3.98. The summed E-state index contributed by atoms with van der Waals surface area (Å²) in [5.74, 6) is -0.350. The molecule has 1 aliphatic heterocycles. The zero-order chi connectivity index (χ0) is 15.6. The van der Waals surface area contributed by atoms with Gasteiger partial charge in [-0.2, -0.15) is 13.2 Å². The highest BCUT2D eigenvalue weighted by Crippen LogP contribution is 2.31. The molecule has 1 heterocycles. The van der Waals surface area contributed by atoms with Gasteiger partial charge in [-0.25, -0.2) is 0 Å². The summed E-state index contributed by atoms with van der Waals surface area (Å²) in [6.07, 6.45) is -4.33. The van der Waals surface area contributed by atoms with Crippen LogP contribution in [0.4, 0.5) is 18.9 Å². The Balaban J connectivity index is 2.04. The minimum absolute atomic E-state index is 0.270. The second-order valence-electron chi connectivity index (χ2n) is 5.32. The average molecular weight is 302 g/mol. The zero-order valence-electron chi connectivity index (χ0n) is 11.8. The molecule has 1 saturated heterocycles. The van der Waals surface area contributed by atoms with Gasteiger partial charge in [-0.3, -0.25) is 4.79 Å². The lowest BCUT2D eigenvalue weighted by molar-refractivity contribution is -0.914. The van der Waals surface area contributed by atoms with E-state index in [0.29, 0.717) is 31.9 Å². The Bertz CT molecular complexity index is 510. The quantitative estimate of drug-likeness (QED) is 0.843. The van der Waals surface area contributed by atoms with Gasteiger partial charge in [0.05, 0.1) is 31.7 Å². The van der Waals surface area contributed by atoms with Gasteiger partial charge in [-0.15, -0.1) is 0 Å². The lowest BCUT2D eigenvalue weighted by atomic mass is 10.1. The molecule has 1 amide bonds. The summed E-state index contributed by atoms with van der Waals surface area (Å²) in [6, 6.07) is 5.07. The van der Waals surface area contributed by atoms with E-state index in [-0.39, 0.29) is 11.9 Å². The molecule has 2 rings (SSSR count). The minimum atomic E-state index is -4.33. The number of carbonyl (C=O) groups is 1. The highest BCUT2D eigenvalue weighted by Gasteiger charge is 2.32. The number of nitrogens with one attached hydrogen (secondary N) is 1. The van der Waals surface area contributed by atoms with Crippen molar-refractivity contribution in [3.05, 3.63) is 29.8 Å². The zero-order valence-corrected chi connectivity index (χ0v) is 11.8. The number of halogens is 3. The number of anilines is 1. The van der Waals surface area contributed by atoms with E-state index in [1.165, 1.54) is 12.1 Å². The summed E-state index contributed by atoms with van der Waals surface area (Å²) in [5, 5.41) is 0. The van der Waals surface area contributed by atoms with Crippen LogP contribution in [0.15, 0.2) is 24.3 Å². The molecule has 1 fully saturated rings. The first-order valence-electron chi connectivity index (χ1n) is 6.85. The maximum Gasteiger partial charge on any atom is 0.416 e. The maximum absolute atomic E-state index is 12.7. The molecule has 0 aromatic heterocycles. The Kier molecular flexibility index (Phi) is 4.41. The van der Waals surface area contributed by atoms with Crippen LogP contribution < -0.4 is 15.5 Å². The Morgan fingerprint density at radius 2 is 1.95 bits per heavy atom. The van der Waals surface area contributed by atoms with Gasteiger partial charge in [0.2, 0.25) is 0 Å². The van der Waals surface area contributed by atoms with Gasteiger partial charge in [-0.05, 0) is 25.1 Å². The molecule has 0 unspecified atom stereocenters. The van der Waals surface area contributed by atoms with Crippen molar-refractivity contribution in [2.24, 2.45) is 5.73 Å². The molecule has 0 spiro atoms. The van der Waals surface area contributed by atoms with Gasteiger partial charge in [-0.1, -0.05) is 6.07 Å². The molecule has 21 heavy (non-hydrogen) atoms. The van der Waals surface area contributed by atoms with Crippen LogP contribution in [0.1, 0.15) is 12.5 Å². The normalized spacial score (nSPS) is 18.6. The second-order valence-corrected chi connectivity index (χ2v) is 5.32. The number of nitrogens with two attached hydrogens (primary N) is 1. The van der Waals surface area contributed by atoms with E-state index >= 15 is 0 Å². The number of alkyl halides is 3. The fourth-order valence-corrected chi connectivity index (χ4v) is 2.57. The van der Waals surface area contributed by atoms with Crippen molar-refractivity contribution in [3.8, 4) is 0 Å². The molecule has 116 valence electrons. The van der Waals surface area contributed by atoms with Gasteiger partial charge in [0.1, 0.15) is 0 Å². The molecular formula is C14H19F3N3O+. The number of quaternary nitrogens is 1. The van der Waals surface area contributed by atoms with Crippen LogP contribution in [0.25, 0.3) is 0 Å². The number of primary amides is 1. The first-order valence-corrected chi connectivity index (χ1v) is 6.85. The molecule has 0 saturated carbocycles. The van der Waals surface area contributed by atoms with E-state index in [1.54, 1.807) is 13.0 Å². The molecule has 4 nitrogen and oxygen atoms in total. The predicted octanol–water partition coefficient (Wildman–Crippen LogP) is 0.284. The number of amides is 1. The van der Waals surface area contributed by atoms with Gasteiger partial charge < -0.3 is 15.5 Å². The summed E-state index contributed by atoms with van der Waals surface area (Å²) < 4.78 is 38.2. The van der Waals surface area contributed by atoms with Crippen LogP contribution in [-0.2, 0) is 11.0 Å². The summed E-state index contributed by atoms with van der Waals surface area (Å²) in [5.41, 5.74) is 5.21. The highest BCUT2D eigenvalue weighted by atomic mass is 19.4. The first kappa shape index (κ1) is 15.6. The molecule has 1 aliphatic rings. The summed E-state index contributed by atoms with van der Waals surface area (Å²) in [7, 11) is 0. The molecule has 0 radical (unpaired) electrons. The Labute approximate surface area is 121 Å². The monoisotopic (exact) mass is 302 g/mol. The number of hydrogen-bond acceptors (Lipinski definition) is 2. The molecule has 7 heteroatoms.